The third kappa shape index (κ3) is 2.16. The molecule has 0 saturated heterocycles. The fraction of sp³-hybridized carbons (Fsp3) is 0.556. The molecule has 0 amide bonds. The van der Waals surface area contributed by atoms with Gasteiger partial charge in [-0.15, -0.1) is 11.3 Å². The number of nitrogens with two attached hydrogens (primary N) is 1. The summed E-state index contributed by atoms with van der Waals surface area (Å²) in [5.41, 5.74) is 5.53. The Bertz CT molecular complexity index is 465. The summed E-state index contributed by atoms with van der Waals surface area (Å²) in [6, 6.07) is -0.155. The molecular formula is C9H16N2O3S2. The molecule has 0 unspecified atom stereocenters. The van der Waals surface area contributed by atoms with Gasteiger partial charge < -0.3 is 10.8 Å². The van der Waals surface area contributed by atoms with Gasteiger partial charge in [0.05, 0.1) is 5.69 Å². The second-order valence-corrected chi connectivity index (χ2v) is 6.59. The smallest absolute Gasteiger partial charge is 0.256 e. The molecule has 0 radical (unpaired) electrons. The minimum Gasteiger partial charge on any atom is -0.504 e. The Morgan fingerprint density at radius 1 is 1.56 bits per heavy atom. The van der Waals surface area contributed by atoms with Crippen LogP contribution in [0.5, 0.6) is 5.75 Å². The number of anilines is 1. The van der Waals surface area contributed by atoms with Gasteiger partial charge in [0.25, 0.3) is 10.0 Å². The molecule has 3 N–H and O–H groups in total. The van der Waals surface area contributed by atoms with Crippen LogP contribution in [0, 0.1) is 0 Å². The fourth-order valence-electron chi connectivity index (χ4n) is 1.45. The van der Waals surface area contributed by atoms with Gasteiger partial charge in [-0.3, -0.25) is 0 Å². The molecule has 1 aromatic heterocycles. The van der Waals surface area contributed by atoms with Crippen LogP contribution in [0.25, 0.3) is 0 Å². The number of sulfonamides is 1. The van der Waals surface area contributed by atoms with Crippen molar-refractivity contribution in [3.8, 4) is 5.75 Å². The Labute approximate surface area is 99.6 Å². The van der Waals surface area contributed by atoms with E-state index in [-0.39, 0.29) is 21.7 Å². The van der Waals surface area contributed by atoms with Crippen molar-refractivity contribution in [2.45, 2.75) is 31.0 Å². The molecule has 5 nitrogen and oxygen atoms in total. The summed E-state index contributed by atoms with van der Waals surface area (Å²) >= 11 is 0.940. The molecular weight excluding hydrogens is 248 g/mol. The van der Waals surface area contributed by atoms with E-state index in [1.807, 2.05) is 0 Å². The average molecular weight is 264 g/mol. The largest absolute Gasteiger partial charge is 0.504 e. The highest BCUT2D eigenvalue weighted by atomic mass is 32.2. The van der Waals surface area contributed by atoms with E-state index in [0.29, 0.717) is 6.54 Å². The number of hydrogen-bond donors (Lipinski definition) is 2. The molecule has 0 bridgehead atoms. The van der Waals surface area contributed by atoms with Crippen molar-refractivity contribution in [2.24, 2.45) is 0 Å². The van der Waals surface area contributed by atoms with Gasteiger partial charge in [-0.25, -0.2) is 8.42 Å². The van der Waals surface area contributed by atoms with Crippen LogP contribution in [0.3, 0.4) is 0 Å². The molecule has 1 rings (SSSR count). The van der Waals surface area contributed by atoms with E-state index in [1.54, 1.807) is 20.8 Å². The van der Waals surface area contributed by atoms with Gasteiger partial charge in [0, 0.05) is 18.0 Å². The molecule has 0 aliphatic heterocycles. The molecule has 0 aliphatic rings. The Kier molecular flexibility index (Phi) is 3.82. The van der Waals surface area contributed by atoms with Crippen LogP contribution in [-0.4, -0.2) is 30.4 Å². The molecule has 0 aromatic carbocycles. The van der Waals surface area contributed by atoms with Gasteiger partial charge in [0.15, 0.2) is 9.96 Å². The van der Waals surface area contributed by atoms with E-state index in [1.165, 1.54) is 9.69 Å². The molecule has 7 heteroatoms. The molecule has 92 valence electrons. The first-order valence-electron chi connectivity index (χ1n) is 4.90. The molecule has 0 fully saturated rings. The highest BCUT2D eigenvalue weighted by Crippen LogP contribution is 2.37. The second-order valence-electron chi connectivity index (χ2n) is 3.63. The maximum absolute atomic E-state index is 12.2. The highest BCUT2D eigenvalue weighted by molar-refractivity contribution is 7.91. The minimum absolute atomic E-state index is 0.0828. The number of nitrogens with zero attached hydrogens (tertiary/aromatic N) is 1. The van der Waals surface area contributed by atoms with Gasteiger partial charge in [0.1, 0.15) is 0 Å². The van der Waals surface area contributed by atoms with Gasteiger partial charge in [-0.1, -0.05) is 6.92 Å². The first-order chi connectivity index (χ1) is 7.32. The maximum atomic E-state index is 12.2. The Morgan fingerprint density at radius 3 is 2.44 bits per heavy atom. The number of aromatic hydroxyl groups is 1. The van der Waals surface area contributed by atoms with Crippen LogP contribution in [0.4, 0.5) is 5.69 Å². The van der Waals surface area contributed by atoms with Crippen LogP contribution >= 0.6 is 11.3 Å². The highest BCUT2D eigenvalue weighted by Gasteiger charge is 2.30. The van der Waals surface area contributed by atoms with Crippen LogP contribution in [0.2, 0.25) is 0 Å². The van der Waals surface area contributed by atoms with E-state index in [2.05, 4.69) is 0 Å². The number of rotatable bonds is 4. The Balaban J connectivity index is 3.26. The van der Waals surface area contributed by atoms with Crippen molar-refractivity contribution in [1.29, 1.82) is 0 Å². The van der Waals surface area contributed by atoms with E-state index in [4.69, 9.17) is 5.73 Å². The van der Waals surface area contributed by atoms with Crippen molar-refractivity contribution >= 4 is 27.0 Å². The van der Waals surface area contributed by atoms with Crippen molar-refractivity contribution in [2.75, 3.05) is 12.3 Å². The molecule has 0 spiro atoms. The average Bonchev–Trinajstić information content (AvgIpc) is 2.47. The Morgan fingerprint density at radius 2 is 2.12 bits per heavy atom. The first-order valence-corrected chi connectivity index (χ1v) is 7.22. The van der Waals surface area contributed by atoms with Gasteiger partial charge in [-0.2, -0.15) is 4.31 Å². The molecule has 1 heterocycles. The monoisotopic (exact) mass is 264 g/mol. The van der Waals surface area contributed by atoms with Crippen molar-refractivity contribution in [1.82, 2.24) is 4.31 Å². The summed E-state index contributed by atoms with van der Waals surface area (Å²) in [6.45, 7) is 5.69. The Hall–Kier alpha value is -0.790. The molecule has 16 heavy (non-hydrogen) atoms. The summed E-state index contributed by atoms with van der Waals surface area (Å²) in [4.78, 5) is 0. The quantitative estimate of drug-likeness (QED) is 0.862. The number of hydrogen-bond acceptors (Lipinski definition) is 5. The summed E-state index contributed by atoms with van der Waals surface area (Å²) < 4.78 is 25.6. The zero-order valence-corrected chi connectivity index (χ0v) is 11.1. The van der Waals surface area contributed by atoms with Gasteiger partial charge >= 0.3 is 0 Å². The zero-order chi connectivity index (χ0) is 12.5. The fourth-order valence-corrected chi connectivity index (χ4v) is 4.41. The van der Waals surface area contributed by atoms with Gasteiger partial charge in [-0.05, 0) is 13.8 Å². The first kappa shape index (κ1) is 13.3. The minimum atomic E-state index is -3.64. The summed E-state index contributed by atoms with van der Waals surface area (Å²) in [6.07, 6.45) is 0. The maximum Gasteiger partial charge on any atom is 0.256 e. The summed E-state index contributed by atoms with van der Waals surface area (Å²) in [5, 5.41) is 11.0. The number of nitrogen functional groups attached to an aromatic ring is 1. The lowest BCUT2D eigenvalue weighted by Crippen LogP contribution is -2.36. The summed E-state index contributed by atoms with van der Waals surface area (Å²) in [7, 11) is -3.64. The van der Waals surface area contributed by atoms with Crippen LogP contribution in [0.15, 0.2) is 9.59 Å². The second kappa shape index (κ2) is 4.60. The van der Waals surface area contributed by atoms with Crippen LogP contribution in [-0.2, 0) is 10.0 Å². The van der Waals surface area contributed by atoms with Crippen LogP contribution in [0.1, 0.15) is 20.8 Å². The number of thiophene rings is 1. The lowest BCUT2D eigenvalue weighted by Gasteiger charge is -2.23. The van der Waals surface area contributed by atoms with E-state index >= 15 is 0 Å². The zero-order valence-electron chi connectivity index (χ0n) is 9.47. The standard InChI is InChI=1S/C9H16N2O3S2/c1-4-11(6(2)3)16(13,14)9-8(12)7(10)5-15-9/h5-6,12H,4,10H2,1-3H3. The van der Waals surface area contributed by atoms with Gasteiger partial charge in [0.2, 0.25) is 0 Å². The normalized spacial score (nSPS) is 12.6. The van der Waals surface area contributed by atoms with E-state index in [0.717, 1.165) is 11.3 Å². The lowest BCUT2D eigenvalue weighted by molar-refractivity contribution is 0.367. The lowest BCUT2D eigenvalue weighted by atomic mass is 10.4. The van der Waals surface area contributed by atoms with Crippen molar-refractivity contribution < 1.29 is 13.5 Å². The third-order valence-electron chi connectivity index (χ3n) is 2.19. The SMILES string of the molecule is CCN(C(C)C)S(=O)(=O)c1scc(N)c1O. The molecule has 1 aromatic rings. The van der Waals surface area contributed by atoms with E-state index in [9.17, 15) is 13.5 Å². The predicted molar refractivity (Wildman–Crippen MR) is 65.1 cm³/mol. The molecule has 0 aliphatic carbocycles. The van der Waals surface area contributed by atoms with Crippen molar-refractivity contribution in [3.05, 3.63) is 5.38 Å². The van der Waals surface area contributed by atoms with Crippen LogP contribution < -0.4 is 5.73 Å². The topological polar surface area (TPSA) is 83.6 Å². The third-order valence-corrected chi connectivity index (χ3v) is 5.85. The molecule has 0 saturated carbocycles. The summed E-state index contributed by atoms with van der Waals surface area (Å²) in [5.74, 6) is -0.343. The molecule has 0 atom stereocenters. The predicted octanol–water partition coefficient (Wildman–Crippen LogP) is 1.45. The van der Waals surface area contributed by atoms with E-state index < -0.39 is 10.0 Å². The van der Waals surface area contributed by atoms with Crippen molar-refractivity contribution in [3.63, 3.8) is 0 Å².